The summed E-state index contributed by atoms with van der Waals surface area (Å²) in [5, 5.41) is 8.71. The number of fused-ring (bicyclic) bond motifs is 1. The number of aliphatic hydroxyl groups excluding tert-OH is 1. The average Bonchev–Trinajstić information content (AvgIpc) is 3.00. The number of carbonyl (C=O) groups excluding carboxylic acids is 1. The van der Waals surface area contributed by atoms with Crippen molar-refractivity contribution in [2.45, 2.75) is 38.4 Å². The van der Waals surface area contributed by atoms with Gasteiger partial charge in [0.2, 0.25) is 5.91 Å². The van der Waals surface area contributed by atoms with Gasteiger partial charge in [-0.3, -0.25) is 9.69 Å². The molecule has 2 aliphatic heterocycles. The zero-order chi connectivity index (χ0) is 15.5. The van der Waals surface area contributed by atoms with Crippen molar-refractivity contribution in [3.8, 4) is 11.8 Å². The third-order valence-corrected chi connectivity index (χ3v) is 4.66. The molecule has 0 saturated carbocycles. The van der Waals surface area contributed by atoms with Crippen molar-refractivity contribution in [3.05, 3.63) is 35.4 Å². The third kappa shape index (κ3) is 3.01. The highest BCUT2D eigenvalue weighted by molar-refractivity contribution is 5.83. The number of nitrogens with zero attached hydrogens (tertiary/aromatic N) is 2. The van der Waals surface area contributed by atoms with Gasteiger partial charge in [-0.2, -0.15) is 0 Å². The van der Waals surface area contributed by atoms with Gasteiger partial charge in [0.25, 0.3) is 0 Å². The molecule has 2 atom stereocenters. The smallest absolute Gasteiger partial charge is 0.239 e. The molecule has 3 rings (SSSR count). The standard InChI is InChI=1S/C18H22N2O2/c1-14-18(22)20-10-2-5-17(20)13-19(14)12-16-8-6-15(7-9-16)4-3-11-21/h6-9,14,17,21H,2,5,10-13H2,1H3/t14-,17-/m1/s1. The van der Waals surface area contributed by atoms with Crippen LogP contribution in [0, 0.1) is 11.8 Å². The minimum absolute atomic E-state index is 0.0387. The van der Waals surface area contributed by atoms with E-state index in [9.17, 15) is 4.79 Å². The summed E-state index contributed by atoms with van der Waals surface area (Å²) in [5.41, 5.74) is 2.10. The Morgan fingerprint density at radius 2 is 2.09 bits per heavy atom. The Balaban J connectivity index is 1.68. The van der Waals surface area contributed by atoms with Crippen LogP contribution in [-0.4, -0.2) is 52.6 Å². The maximum Gasteiger partial charge on any atom is 0.239 e. The maximum absolute atomic E-state index is 12.4. The van der Waals surface area contributed by atoms with Crippen LogP contribution in [0.1, 0.15) is 30.9 Å². The summed E-state index contributed by atoms with van der Waals surface area (Å²) in [4.78, 5) is 16.8. The van der Waals surface area contributed by atoms with Crippen LogP contribution in [0.2, 0.25) is 0 Å². The number of piperazine rings is 1. The molecular formula is C18H22N2O2. The van der Waals surface area contributed by atoms with E-state index in [4.69, 9.17) is 5.11 Å². The zero-order valence-electron chi connectivity index (χ0n) is 13.0. The summed E-state index contributed by atoms with van der Waals surface area (Å²) < 4.78 is 0. The lowest BCUT2D eigenvalue weighted by atomic mass is 10.1. The number of benzene rings is 1. The van der Waals surface area contributed by atoms with E-state index in [1.807, 2.05) is 19.1 Å². The lowest BCUT2D eigenvalue weighted by Gasteiger charge is -2.41. The highest BCUT2D eigenvalue weighted by Crippen LogP contribution is 2.26. The molecule has 4 heteroatoms. The quantitative estimate of drug-likeness (QED) is 0.835. The highest BCUT2D eigenvalue weighted by Gasteiger charge is 2.39. The maximum atomic E-state index is 12.4. The van der Waals surface area contributed by atoms with Gasteiger partial charge in [-0.25, -0.2) is 0 Å². The molecule has 116 valence electrons. The van der Waals surface area contributed by atoms with E-state index >= 15 is 0 Å². The summed E-state index contributed by atoms with van der Waals surface area (Å²) in [6.07, 6.45) is 2.26. The van der Waals surface area contributed by atoms with Crippen LogP contribution in [-0.2, 0) is 11.3 Å². The fourth-order valence-electron chi connectivity index (χ4n) is 3.41. The fourth-order valence-corrected chi connectivity index (χ4v) is 3.41. The van der Waals surface area contributed by atoms with Gasteiger partial charge in [-0.05, 0) is 37.5 Å². The van der Waals surface area contributed by atoms with Gasteiger partial charge in [-0.15, -0.1) is 0 Å². The molecule has 0 unspecified atom stereocenters. The summed E-state index contributed by atoms with van der Waals surface area (Å²) in [6, 6.07) is 8.41. The largest absolute Gasteiger partial charge is 0.384 e. The number of aliphatic hydroxyl groups is 1. The van der Waals surface area contributed by atoms with Crippen LogP contribution < -0.4 is 0 Å². The van der Waals surface area contributed by atoms with Gasteiger partial charge >= 0.3 is 0 Å². The lowest BCUT2D eigenvalue weighted by molar-refractivity contribution is -0.143. The molecule has 4 nitrogen and oxygen atoms in total. The molecule has 1 aromatic rings. The first-order valence-corrected chi connectivity index (χ1v) is 7.92. The van der Waals surface area contributed by atoms with E-state index in [-0.39, 0.29) is 18.6 Å². The zero-order valence-corrected chi connectivity index (χ0v) is 13.0. The monoisotopic (exact) mass is 298 g/mol. The predicted octanol–water partition coefficient (Wildman–Crippen LogP) is 1.23. The summed E-state index contributed by atoms with van der Waals surface area (Å²) >= 11 is 0. The Morgan fingerprint density at radius 3 is 2.82 bits per heavy atom. The number of carbonyl (C=O) groups is 1. The van der Waals surface area contributed by atoms with E-state index in [2.05, 4.69) is 33.8 Å². The van der Waals surface area contributed by atoms with E-state index in [0.29, 0.717) is 6.04 Å². The number of hydrogen-bond donors (Lipinski definition) is 1. The van der Waals surface area contributed by atoms with Crippen LogP contribution in [0.25, 0.3) is 0 Å². The van der Waals surface area contributed by atoms with E-state index in [1.54, 1.807) is 0 Å². The lowest BCUT2D eigenvalue weighted by Crippen LogP contribution is -2.58. The molecule has 1 aromatic carbocycles. The van der Waals surface area contributed by atoms with Crippen LogP contribution in [0.5, 0.6) is 0 Å². The van der Waals surface area contributed by atoms with Crippen LogP contribution in [0.3, 0.4) is 0 Å². The Labute approximate surface area is 131 Å². The molecule has 1 N–H and O–H groups in total. The molecule has 2 fully saturated rings. The van der Waals surface area contributed by atoms with Crippen LogP contribution >= 0.6 is 0 Å². The van der Waals surface area contributed by atoms with Gasteiger partial charge in [0, 0.05) is 31.2 Å². The van der Waals surface area contributed by atoms with Gasteiger partial charge in [0.1, 0.15) is 6.61 Å². The van der Waals surface area contributed by atoms with Crippen molar-refractivity contribution < 1.29 is 9.90 Å². The number of amides is 1. The number of hydrogen-bond acceptors (Lipinski definition) is 3. The van der Waals surface area contributed by atoms with E-state index < -0.39 is 0 Å². The second-order valence-electron chi connectivity index (χ2n) is 6.09. The first kappa shape index (κ1) is 15.1. The van der Waals surface area contributed by atoms with Crippen molar-refractivity contribution in [2.75, 3.05) is 19.7 Å². The second kappa shape index (κ2) is 6.51. The molecule has 2 heterocycles. The molecule has 0 aliphatic carbocycles. The predicted molar refractivity (Wildman–Crippen MR) is 85.0 cm³/mol. The Bertz CT molecular complexity index is 600. The molecule has 22 heavy (non-hydrogen) atoms. The molecule has 1 amide bonds. The summed E-state index contributed by atoms with van der Waals surface area (Å²) in [6.45, 7) is 4.59. The van der Waals surface area contributed by atoms with Gasteiger partial charge in [0.05, 0.1) is 6.04 Å². The minimum atomic E-state index is -0.118. The minimum Gasteiger partial charge on any atom is -0.384 e. The molecule has 2 saturated heterocycles. The van der Waals surface area contributed by atoms with Gasteiger partial charge in [0.15, 0.2) is 0 Å². The molecule has 0 aromatic heterocycles. The van der Waals surface area contributed by atoms with Crippen molar-refractivity contribution in [3.63, 3.8) is 0 Å². The Kier molecular flexibility index (Phi) is 4.47. The third-order valence-electron chi connectivity index (χ3n) is 4.66. The number of rotatable bonds is 2. The SMILES string of the molecule is C[C@@H]1C(=O)N2CCC[C@@H]2CN1Cc1ccc(C#CCO)cc1. The van der Waals surface area contributed by atoms with Crippen LogP contribution in [0.15, 0.2) is 24.3 Å². The molecule has 0 spiro atoms. The normalized spacial score (nSPS) is 24.8. The van der Waals surface area contributed by atoms with E-state index in [0.717, 1.165) is 38.0 Å². The molecule has 0 radical (unpaired) electrons. The summed E-state index contributed by atoms with van der Waals surface area (Å²) in [5.74, 6) is 5.82. The van der Waals surface area contributed by atoms with Gasteiger partial charge < -0.3 is 10.0 Å². The topological polar surface area (TPSA) is 43.8 Å². The molecular weight excluding hydrogens is 276 g/mol. The van der Waals surface area contributed by atoms with Crippen molar-refractivity contribution >= 4 is 5.91 Å². The fraction of sp³-hybridized carbons (Fsp3) is 0.500. The second-order valence-corrected chi connectivity index (χ2v) is 6.09. The van der Waals surface area contributed by atoms with Gasteiger partial charge in [-0.1, -0.05) is 24.0 Å². The van der Waals surface area contributed by atoms with E-state index in [1.165, 1.54) is 5.56 Å². The Morgan fingerprint density at radius 1 is 1.32 bits per heavy atom. The van der Waals surface area contributed by atoms with Crippen molar-refractivity contribution in [1.82, 2.24) is 9.80 Å². The summed E-state index contributed by atoms with van der Waals surface area (Å²) in [7, 11) is 0. The molecule has 0 bridgehead atoms. The average molecular weight is 298 g/mol. The highest BCUT2D eigenvalue weighted by atomic mass is 16.2. The first-order chi connectivity index (χ1) is 10.7. The Hall–Kier alpha value is -1.83. The van der Waals surface area contributed by atoms with Crippen LogP contribution in [0.4, 0.5) is 0 Å². The van der Waals surface area contributed by atoms with Crippen molar-refractivity contribution in [2.24, 2.45) is 0 Å². The molecule has 2 aliphatic rings. The first-order valence-electron chi connectivity index (χ1n) is 7.92. The van der Waals surface area contributed by atoms with Crippen molar-refractivity contribution in [1.29, 1.82) is 0 Å².